The van der Waals surface area contributed by atoms with E-state index < -0.39 is 12.0 Å². The first kappa shape index (κ1) is 24.9. The van der Waals surface area contributed by atoms with E-state index in [0.717, 1.165) is 29.3 Å². The molecule has 0 bridgehead atoms. The summed E-state index contributed by atoms with van der Waals surface area (Å²) in [6.07, 6.45) is 1.65. The maximum Gasteiger partial charge on any atom is 0.320 e. The first-order valence-electron chi connectivity index (χ1n) is 10.6. The van der Waals surface area contributed by atoms with Crippen LogP contribution in [0.5, 0.6) is 0 Å². The Kier molecular flexibility index (Phi) is 8.26. The molecule has 1 amide bonds. The molecule has 1 fully saturated rings. The Bertz CT molecular complexity index is 1010. The largest absolute Gasteiger partial charge is 0.480 e. The van der Waals surface area contributed by atoms with Gasteiger partial charge in [-0.2, -0.15) is 0 Å². The number of rotatable bonds is 6. The van der Waals surface area contributed by atoms with E-state index in [1.165, 1.54) is 0 Å². The van der Waals surface area contributed by atoms with E-state index in [1.54, 1.807) is 17.6 Å². The molecule has 1 saturated heterocycles. The number of carboxylic acid groups (broad SMARTS) is 1. The molecule has 0 saturated carbocycles. The van der Waals surface area contributed by atoms with Crippen LogP contribution in [0.3, 0.4) is 0 Å². The average molecular weight is 450 g/mol. The van der Waals surface area contributed by atoms with Gasteiger partial charge in [-0.1, -0.05) is 12.1 Å². The van der Waals surface area contributed by atoms with Gasteiger partial charge in [0.25, 0.3) is 11.5 Å². The van der Waals surface area contributed by atoms with Crippen molar-refractivity contribution in [2.45, 2.75) is 52.6 Å². The molecular weight excluding hydrogens is 418 g/mol. The zero-order chi connectivity index (χ0) is 22.0. The number of aryl methyl sites for hydroxylation is 1. The monoisotopic (exact) mass is 449 g/mol. The number of aliphatic carboxylic acids is 1. The molecule has 1 atom stereocenters. The lowest BCUT2D eigenvalue weighted by Crippen LogP contribution is -2.45. The van der Waals surface area contributed by atoms with E-state index in [0.29, 0.717) is 19.6 Å². The third-order valence-electron chi connectivity index (χ3n) is 6.17. The minimum atomic E-state index is -0.810. The van der Waals surface area contributed by atoms with Crippen molar-refractivity contribution in [2.75, 3.05) is 19.6 Å². The number of hydrogen-bond donors (Lipinski definition) is 2. The average Bonchev–Trinajstić information content (AvgIpc) is 2.71. The minimum Gasteiger partial charge on any atom is -0.480 e. The van der Waals surface area contributed by atoms with E-state index in [2.05, 4.69) is 5.32 Å². The van der Waals surface area contributed by atoms with Crippen molar-refractivity contribution in [2.24, 2.45) is 5.92 Å². The van der Waals surface area contributed by atoms with Crippen molar-refractivity contribution >= 4 is 35.2 Å². The lowest BCUT2D eigenvalue weighted by molar-refractivity contribution is -0.143. The Morgan fingerprint density at radius 2 is 1.84 bits per heavy atom. The van der Waals surface area contributed by atoms with Crippen LogP contribution in [-0.4, -0.2) is 52.1 Å². The normalized spacial score (nSPS) is 16.2. The van der Waals surface area contributed by atoms with Crippen molar-refractivity contribution in [1.82, 2.24) is 14.8 Å². The molecule has 0 spiro atoms. The van der Waals surface area contributed by atoms with Crippen LogP contribution >= 0.6 is 12.4 Å². The van der Waals surface area contributed by atoms with Gasteiger partial charge in [-0.25, -0.2) is 0 Å². The number of halogens is 1. The molecule has 0 aliphatic carbocycles. The molecule has 8 heteroatoms. The van der Waals surface area contributed by atoms with Crippen molar-refractivity contribution in [1.29, 1.82) is 0 Å². The quantitative estimate of drug-likeness (QED) is 0.706. The van der Waals surface area contributed by atoms with Crippen LogP contribution in [0.1, 0.15) is 55.6 Å². The van der Waals surface area contributed by atoms with E-state index >= 15 is 0 Å². The van der Waals surface area contributed by atoms with Gasteiger partial charge in [0.2, 0.25) is 0 Å². The molecule has 7 nitrogen and oxygen atoms in total. The number of piperidine rings is 1. The van der Waals surface area contributed by atoms with Crippen LogP contribution in [0.15, 0.2) is 29.1 Å². The van der Waals surface area contributed by atoms with Crippen molar-refractivity contribution in [3.63, 3.8) is 0 Å². The number of benzene rings is 1. The zero-order valence-electron chi connectivity index (χ0n) is 18.6. The van der Waals surface area contributed by atoms with Gasteiger partial charge in [0.15, 0.2) is 0 Å². The van der Waals surface area contributed by atoms with E-state index in [1.807, 2.05) is 43.9 Å². The molecular formula is C23H32ClN3O4. The molecule has 1 aromatic carbocycles. The maximum atomic E-state index is 13.0. The number of hydrogen-bond acceptors (Lipinski definition) is 4. The highest BCUT2D eigenvalue weighted by atomic mass is 35.5. The number of aromatic nitrogens is 1. The van der Waals surface area contributed by atoms with Crippen LogP contribution in [-0.2, 0) is 4.79 Å². The molecule has 1 aromatic heterocycles. The number of fused-ring (bicyclic) bond motifs is 1. The van der Waals surface area contributed by atoms with Crippen molar-refractivity contribution < 1.29 is 14.7 Å². The van der Waals surface area contributed by atoms with Gasteiger partial charge in [0, 0.05) is 18.0 Å². The molecule has 2 heterocycles. The van der Waals surface area contributed by atoms with E-state index in [9.17, 15) is 14.4 Å². The highest BCUT2D eigenvalue weighted by Gasteiger charge is 2.27. The summed E-state index contributed by atoms with van der Waals surface area (Å²) in [6, 6.07) is 6.97. The number of amides is 1. The number of pyridine rings is 1. The third kappa shape index (κ3) is 5.28. The molecule has 1 unspecified atom stereocenters. The molecule has 2 aromatic rings. The summed E-state index contributed by atoms with van der Waals surface area (Å²) in [5, 5.41) is 13.0. The Labute approximate surface area is 188 Å². The van der Waals surface area contributed by atoms with Crippen molar-refractivity contribution in [3.8, 4) is 0 Å². The smallest absolute Gasteiger partial charge is 0.320 e. The fourth-order valence-electron chi connectivity index (χ4n) is 4.22. The van der Waals surface area contributed by atoms with Crippen LogP contribution < -0.4 is 10.9 Å². The summed E-state index contributed by atoms with van der Waals surface area (Å²) in [5.41, 5.74) is 1.76. The fourth-order valence-corrected chi connectivity index (χ4v) is 4.22. The highest BCUT2D eigenvalue weighted by molar-refractivity contribution is 5.98. The van der Waals surface area contributed by atoms with Gasteiger partial charge in [-0.15, -0.1) is 12.4 Å². The predicted molar refractivity (Wildman–Crippen MR) is 124 cm³/mol. The van der Waals surface area contributed by atoms with Gasteiger partial charge in [0.1, 0.15) is 11.6 Å². The second-order valence-corrected chi connectivity index (χ2v) is 8.54. The van der Waals surface area contributed by atoms with Gasteiger partial charge in [-0.3, -0.25) is 19.3 Å². The molecule has 1 aliphatic rings. The van der Waals surface area contributed by atoms with Crippen molar-refractivity contribution in [3.05, 3.63) is 45.7 Å². The number of carbonyl (C=O) groups excluding carboxylic acids is 1. The SMILES string of the molecule is Cc1cccc2c1cc(C(=O)NCC1CCN(C(C)C(=O)O)CC1)c(=O)n2C(C)C.Cl. The van der Waals surface area contributed by atoms with Crippen LogP contribution in [0.2, 0.25) is 0 Å². The summed E-state index contributed by atoms with van der Waals surface area (Å²) in [4.78, 5) is 39.0. The second kappa shape index (κ2) is 10.3. The summed E-state index contributed by atoms with van der Waals surface area (Å²) < 4.78 is 1.68. The van der Waals surface area contributed by atoms with Gasteiger partial charge in [0.05, 0.1) is 5.52 Å². The third-order valence-corrected chi connectivity index (χ3v) is 6.17. The summed E-state index contributed by atoms with van der Waals surface area (Å²) in [7, 11) is 0. The van der Waals surface area contributed by atoms with Gasteiger partial charge < -0.3 is 15.0 Å². The second-order valence-electron chi connectivity index (χ2n) is 8.54. The summed E-state index contributed by atoms with van der Waals surface area (Å²) in [6.45, 7) is 9.44. The first-order chi connectivity index (χ1) is 14.2. The Balaban J connectivity index is 0.00000341. The molecule has 2 N–H and O–H groups in total. The minimum absolute atomic E-state index is 0. The summed E-state index contributed by atoms with van der Waals surface area (Å²) >= 11 is 0. The lowest BCUT2D eigenvalue weighted by atomic mass is 9.95. The zero-order valence-corrected chi connectivity index (χ0v) is 19.4. The van der Waals surface area contributed by atoms with Crippen LogP contribution in [0.4, 0.5) is 0 Å². The molecule has 31 heavy (non-hydrogen) atoms. The van der Waals surface area contributed by atoms with Gasteiger partial charge >= 0.3 is 5.97 Å². The van der Waals surface area contributed by atoms with E-state index in [-0.39, 0.29) is 41.4 Å². The molecule has 170 valence electrons. The first-order valence-corrected chi connectivity index (χ1v) is 10.6. The number of likely N-dealkylation sites (tertiary alicyclic amines) is 1. The Hall–Kier alpha value is -2.38. The Morgan fingerprint density at radius 1 is 1.19 bits per heavy atom. The number of nitrogens with one attached hydrogen (secondary N) is 1. The van der Waals surface area contributed by atoms with Crippen LogP contribution in [0, 0.1) is 12.8 Å². The molecule has 0 radical (unpaired) electrons. The fraction of sp³-hybridized carbons (Fsp3) is 0.522. The number of carbonyl (C=O) groups is 2. The standard InChI is InChI=1S/C23H31N3O4.ClH/c1-14(2)26-20-7-5-6-15(3)18(20)12-19(22(26)28)21(27)24-13-17-8-10-25(11-9-17)16(4)23(29)30;/h5-7,12,14,16-17H,8-11,13H2,1-4H3,(H,24,27)(H,29,30);1H. The topological polar surface area (TPSA) is 91.6 Å². The van der Waals surface area contributed by atoms with E-state index in [4.69, 9.17) is 5.11 Å². The predicted octanol–water partition coefficient (Wildman–Crippen LogP) is 3.23. The van der Waals surface area contributed by atoms with Gasteiger partial charge in [-0.05, 0) is 77.2 Å². The number of nitrogens with zero attached hydrogens (tertiary/aromatic N) is 2. The maximum absolute atomic E-state index is 13.0. The Morgan fingerprint density at radius 3 is 2.42 bits per heavy atom. The summed E-state index contributed by atoms with van der Waals surface area (Å²) in [5.74, 6) is -0.878. The highest BCUT2D eigenvalue weighted by Crippen LogP contribution is 2.21. The molecule has 1 aliphatic heterocycles. The molecule has 3 rings (SSSR count). The van der Waals surface area contributed by atoms with Crippen LogP contribution in [0.25, 0.3) is 10.9 Å². The lowest BCUT2D eigenvalue weighted by Gasteiger charge is -2.34. The number of carboxylic acids is 1.